The summed E-state index contributed by atoms with van der Waals surface area (Å²) in [7, 11) is 1.63. The van der Waals surface area contributed by atoms with Gasteiger partial charge in [-0.05, 0) is 39.0 Å². The molecule has 1 aliphatic heterocycles. The van der Waals surface area contributed by atoms with Crippen LogP contribution in [0.1, 0.15) is 33.0 Å². The van der Waals surface area contributed by atoms with Crippen LogP contribution in [0.5, 0.6) is 0 Å². The normalized spacial score (nSPS) is 17.1. The van der Waals surface area contributed by atoms with Gasteiger partial charge in [-0.25, -0.2) is 19.7 Å². The number of hydrogen-bond acceptors (Lipinski definition) is 11. The third-order valence-corrected chi connectivity index (χ3v) is 6.26. The number of nitrogens with zero attached hydrogens (tertiary/aromatic N) is 7. The summed E-state index contributed by atoms with van der Waals surface area (Å²) >= 11 is 0. The molecule has 14 heteroatoms. The zero-order valence-corrected chi connectivity index (χ0v) is 23.2. The smallest absolute Gasteiger partial charge is 0.407 e. The van der Waals surface area contributed by atoms with E-state index in [1.807, 2.05) is 0 Å². The second kappa shape index (κ2) is 11.0. The molecule has 1 fully saturated rings. The Hall–Kier alpha value is -4.85. The molecule has 14 nitrogen and oxygen atoms in total. The van der Waals surface area contributed by atoms with Gasteiger partial charge in [0.2, 0.25) is 11.5 Å². The number of amides is 2. The van der Waals surface area contributed by atoms with Crippen molar-refractivity contribution in [2.75, 3.05) is 25.5 Å². The SMILES string of the molecule is CN1CC[C@@](O)(c2cc(-c3cccc(-c4ccnc(Nc5cnn(CCNC(=O)OC(C)(C)C)c5)n4)n3)no2)C1=O. The van der Waals surface area contributed by atoms with Crippen molar-refractivity contribution in [3.63, 3.8) is 0 Å². The van der Waals surface area contributed by atoms with Crippen LogP contribution >= 0.6 is 0 Å². The predicted molar refractivity (Wildman–Crippen MR) is 147 cm³/mol. The van der Waals surface area contributed by atoms with Gasteiger partial charge in [0.25, 0.3) is 5.91 Å². The topological polar surface area (TPSA) is 173 Å². The second-order valence-electron chi connectivity index (χ2n) is 10.6. The zero-order chi connectivity index (χ0) is 29.2. The van der Waals surface area contributed by atoms with Crippen molar-refractivity contribution >= 4 is 23.6 Å². The van der Waals surface area contributed by atoms with Crippen LogP contribution in [0.3, 0.4) is 0 Å². The van der Waals surface area contributed by atoms with E-state index >= 15 is 0 Å². The molecule has 1 atom stereocenters. The van der Waals surface area contributed by atoms with Crippen molar-refractivity contribution in [2.45, 2.75) is 44.9 Å². The summed E-state index contributed by atoms with van der Waals surface area (Å²) in [5.74, 6) is 0.00520. The number of nitrogens with one attached hydrogen (secondary N) is 2. The highest BCUT2D eigenvalue weighted by Crippen LogP contribution is 2.34. The number of hydrogen-bond donors (Lipinski definition) is 3. The molecule has 0 unspecified atom stereocenters. The number of anilines is 2. The number of likely N-dealkylation sites (N-methyl/N-ethyl adjacent to an activating group) is 1. The minimum atomic E-state index is -1.73. The molecule has 0 saturated carbocycles. The molecule has 5 rings (SSSR count). The van der Waals surface area contributed by atoms with E-state index in [1.165, 1.54) is 11.0 Å². The monoisotopic (exact) mass is 561 g/mol. The van der Waals surface area contributed by atoms with Gasteiger partial charge in [-0.3, -0.25) is 9.48 Å². The fourth-order valence-electron chi connectivity index (χ4n) is 4.22. The molecule has 4 aromatic heterocycles. The lowest BCUT2D eigenvalue weighted by Crippen LogP contribution is -2.35. The van der Waals surface area contributed by atoms with Crippen LogP contribution in [-0.4, -0.2) is 77.6 Å². The Bertz CT molecular complexity index is 1560. The molecule has 1 saturated heterocycles. The van der Waals surface area contributed by atoms with Crippen LogP contribution in [0.4, 0.5) is 16.4 Å². The fraction of sp³-hybridized carbons (Fsp3) is 0.370. The molecule has 214 valence electrons. The number of aromatic nitrogens is 6. The van der Waals surface area contributed by atoms with Gasteiger partial charge in [0.05, 0.1) is 35.5 Å². The molecular formula is C27H31N9O5. The molecule has 0 spiro atoms. The Morgan fingerprint density at radius 2 is 1.93 bits per heavy atom. The fourth-order valence-corrected chi connectivity index (χ4v) is 4.22. The average molecular weight is 562 g/mol. The van der Waals surface area contributed by atoms with Gasteiger partial charge in [-0.1, -0.05) is 11.2 Å². The Morgan fingerprint density at radius 1 is 1.17 bits per heavy atom. The number of ether oxygens (including phenoxy) is 1. The highest BCUT2D eigenvalue weighted by atomic mass is 16.6. The maximum absolute atomic E-state index is 12.4. The third kappa shape index (κ3) is 6.32. The standard InChI is InChI=1S/C27H31N9O5/c1-26(2,3)40-25(38)29-11-13-36-16-17(15-30-36)31-24-28-10-8-20(33-24)18-6-5-7-19(32-18)21-14-22(41-34-21)27(39)9-12-35(4)23(27)37/h5-8,10,14-16,39H,9,11-13H2,1-4H3,(H,29,38)(H,28,31,33)/t27-/m1/s1. The molecular weight excluding hydrogens is 530 g/mol. The maximum atomic E-state index is 12.4. The molecule has 3 N–H and O–H groups in total. The Labute approximate surface area is 235 Å². The van der Waals surface area contributed by atoms with E-state index in [0.717, 1.165) is 0 Å². The van der Waals surface area contributed by atoms with Crippen LogP contribution in [0.15, 0.2) is 53.4 Å². The van der Waals surface area contributed by atoms with Crippen LogP contribution in [0.2, 0.25) is 0 Å². The molecule has 2 amide bonds. The number of carbonyl (C=O) groups excluding carboxylic acids is 2. The van der Waals surface area contributed by atoms with E-state index < -0.39 is 23.2 Å². The maximum Gasteiger partial charge on any atom is 0.407 e. The van der Waals surface area contributed by atoms with E-state index in [-0.39, 0.29) is 12.2 Å². The molecule has 5 heterocycles. The molecule has 0 radical (unpaired) electrons. The van der Waals surface area contributed by atoms with E-state index in [4.69, 9.17) is 9.26 Å². The molecule has 1 aliphatic rings. The molecule has 4 aromatic rings. The van der Waals surface area contributed by atoms with Gasteiger partial charge in [0.15, 0.2) is 5.76 Å². The zero-order valence-electron chi connectivity index (χ0n) is 23.2. The van der Waals surface area contributed by atoms with Crippen molar-refractivity contribution < 1.29 is 24.0 Å². The van der Waals surface area contributed by atoms with Gasteiger partial charge in [-0.15, -0.1) is 0 Å². The number of aliphatic hydroxyl groups is 1. The first-order valence-electron chi connectivity index (χ1n) is 13.0. The largest absolute Gasteiger partial charge is 0.444 e. The minimum Gasteiger partial charge on any atom is -0.444 e. The minimum absolute atomic E-state index is 0.0868. The first kappa shape index (κ1) is 27.7. The summed E-state index contributed by atoms with van der Waals surface area (Å²) in [4.78, 5) is 39.2. The second-order valence-corrected chi connectivity index (χ2v) is 10.6. The third-order valence-electron chi connectivity index (χ3n) is 6.26. The van der Waals surface area contributed by atoms with E-state index in [0.29, 0.717) is 54.0 Å². The van der Waals surface area contributed by atoms with Crippen molar-refractivity contribution in [3.05, 3.63) is 54.7 Å². The van der Waals surface area contributed by atoms with Gasteiger partial charge >= 0.3 is 6.09 Å². The molecule has 0 bridgehead atoms. The molecule has 41 heavy (non-hydrogen) atoms. The van der Waals surface area contributed by atoms with Crippen LogP contribution < -0.4 is 10.6 Å². The number of carbonyl (C=O) groups is 2. The Morgan fingerprint density at radius 3 is 2.66 bits per heavy atom. The van der Waals surface area contributed by atoms with Crippen LogP contribution in [0.25, 0.3) is 22.8 Å². The van der Waals surface area contributed by atoms with Gasteiger partial charge in [-0.2, -0.15) is 5.10 Å². The predicted octanol–water partition coefficient (Wildman–Crippen LogP) is 2.71. The Kier molecular flexibility index (Phi) is 7.41. The van der Waals surface area contributed by atoms with Crippen molar-refractivity contribution in [3.8, 4) is 22.8 Å². The number of alkyl carbamates (subject to hydrolysis) is 1. The molecule has 0 aliphatic carbocycles. The summed E-state index contributed by atoms with van der Waals surface area (Å²) in [6, 6.07) is 8.63. The van der Waals surface area contributed by atoms with Crippen molar-refractivity contribution in [1.82, 2.24) is 40.1 Å². The summed E-state index contributed by atoms with van der Waals surface area (Å²) in [6.07, 6.45) is 4.76. The van der Waals surface area contributed by atoms with Gasteiger partial charge in [0, 0.05) is 45.0 Å². The first-order chi connectivity index (χ1) is 19.5. The van der Waals surface area contributed by atoms with E-state index in [9.17, 15) is 14.7 Å². The number of rotatable bonds is 8. The lowest BCUT2D eigenvalue weighted by molar-refractivity contribution is -0.144. The summed E-state index contributed by atoms with van der Waals surface area (Å²) in [6.45, 7) is 6.64. The van der Waals surface area contributed by atoms with Gasteiger partial charge in [0.1, 0.15) is 11.3 Å². The Balaban J connectivity index is 1.24. The van der Waals surface area contributed by atoms with Crippen molar-refractivity contribution in [2.24, 2.45) is 0 Å². The van der Waals surface area contributed by atoms with Gasteiger partial charge < -0.3 is 29.9 Å². The highest BCUT2D eigenvalue weighted by molar-refractivity contribution is 5.87. The van der Waals surface area contributed by atoms with Crippen LogP contribution in [-0.2, 0) is 21.7 Å². The summed E-state index contributed by atoms with van der Waals surface area (Å²) < 4.78 is 12.3. The van der Waals surface area contributed by atoms with E-state index in [1.54, 1.807) is 75.4 Å². The number of likely N-dealkylation sites (tertiary alicyclic amines) is 1. The summed E-state index contributed by atoms with van der Waals surface area (Å²) in [5.41, 5.74) is 0.391. The number of pyridine rings is 1. The lowest BCUT2D eigenvalue weighted by atomic mass is 9.98. The quantitative estimate of drug-likeness (QED) is 0.289. The first-order valence-corrected chi connectivity index (χ1v) is 13.0. The molecule has 0 aromatic carbocycles. The highest BCUT2D eigenvalue weighted by Gasteiger charge is 2.48. The summed E-state index contributed by atoms with van der Waals surface area (Å²) in [5, 5.41) is 25.0. The van der Waals surface area contributed by atoms with Crippen molar-refractivity contribution in [1.29, 1.82) is 0 Å². The average Bonchev–Trinajstić information content (AvgIpc) is 3.66. The van der Waals surface area contributed by atoms with E-state index in [2.05, 4.69) is 35.8 Å². The van der Waals surface area contributed by atoms with Crippen LogP contribution in [0, 0.1) is 0 Å². The lowest BCUT2D eigenvalue weighted by Gasteiger charge is -2.19.